The van der Waals surface area contributed by atoms with Gasteiger partial charge in [0.2, 0.25) is 0 Å². The predicted octanol–water partition coefficient (Wildman–Crippen LogP) is 4.95. The van der Waals surface area contributed by atoms with Crippen LogP contribution < -0.4 is 4.80 Å². The molecule has 0 fully saturated rings. The van der Waals surface area contributed by atoms with Gasteiger partial charge >= 0.3 is 0 Å². The lowest BCUT2D eigenvalue weighted by Gasteiger charge is -2.03. The molecule has 0 atom stereocenters. The molecule has 1 aromatic heterocycles. The number of carbonyl (C=O) groups excluding carboxylic acids is 1. The SMILES string of the molecule is C#CCn1c(=NC(=O)c2cc([N+](=O)[O-])ccc2Cl)sc2cc(Cl)cc(Cl)c21. The third-order valence-electron chi connectivity index (χ3n) is 3.53. The highest BCUT2D eigenvalue weighted by Gasteiger charge is 2.17. The number of benzene rings is 2. The van der Waals surface area contributed by atoms with Crippen LogP contribution >= 0.6 is 46.1 Å². The first-order valence-electron chi connectivity index (χ1n) is 7.26. The van der Waals surface area contributed by atoms with E-state index in [2.05, 4.69) is 10.9 Å². The van der Waals surface area contributed by atoms with Crippen molar-refractivity contribution >= 4 is 68.0 Å². The zero-order chi connectivity index (χ0) is 19.7. The van der Waals surface area contributed by atoms with Crippen LogP contribution in [-0.4, -0.2) is 15.4 Å². The van der Waals surface area contributed by atoms with Crippen molar-refractivity contribution in [3.8, 4) is 12.3 Å². The van der Waals surface area contributed by atoms with Gasteiger partial charge in [-0.05, 0) is 18.2 Å². The molecule has 2 aromatic carbocycles. The molecular formula is C17H8Cl3N3O3S. The van der Waals surface area contributed by atoms with Crippen LogP contribution in [0.2, 0.25) is 15.1 Å². The average molecular weight is 441 g/mol. The number of nitro groups is 1. The van der Waals surface area contributed by atoms with Gasteiger partial charge in [-0.2, -0.15) is 4.99 Å². The second kappa shape index (κ2) is 7.71. The van der Waals surface area contributed by atoms with Gasteiger partial charge in [-0.1, -0.05) is 52.1 Å². The molecule has 0 unspecified atom stereocenters. The first-order chi connectivity index (χ1) is 12.8. The normalized spacial score (nSPS) is 11.6. The molecule has 0 aliphatic heterocycles. The summed E-state index contributed by atoms with van der Waals surface area (Å²) in [4.78, 5) is 27.3. The fraction of sp³-hybridized carbons (Fsp3) is 0.0588. The summed E-state index contributed by atoms with van der Waals surface area (Å²) in [6.07, 6.45) is 5.42. The second-order valence-electron chi connectivity index (χ2n) is 5.25. The van der Waals surface area contributed by atoms with Gasteiger partial charge in [0.1, 0.15) is 0 Å². The molecule has 0 bridgehead atoms. The number of hydrogen-bond acceptors (Lipinski definition) is 4. The van der Waals surface area contributed by atoms with Crippen molar-refractivity contribution in [2.75, 3.05) is 0 Å². The van der Waals surface area contributed by atoms with Crippen molar-refractivity contribution in [1.29, 1.82) is 0 Å². The molecule has 0 aliphatic carbocycles. The number of nitro benzene ring substituents is 1. The monoisotopic (exact) mass is 439 g/mol. The summed E-state index contributed by atoms with van der Waals surface area (Å²) in [7, 11) is 0. The van der Waals surface area contributed by atoms with E-state index in [1.54, 1.807) is 16.7 Å². The van der Waals surface area contributed by atoms with Crippen LogP contribution in [0.5, 0.6) is 0 Å². The maximum Gasteiger partial charge on any atom is 0.281 e. The molecule has 1 amide bonds. The molecule has 10 heteroatoms. The minimum atomic E-state index is -0.733. The Morgan fingerprint density at radius 3 is 2.67 bits per heavy atom. The van der Waals surface area contributed by atoms with E-state index in [-0.39, 0.29) is 27.6 Å². The summed E-state index contributed by atoms with van der Waals surface area (Å²) in [6.45, 7) is 0.121. The van der Waals surface area contributed by atoms with Gasteiger partial charge in [0.15, 0.2) is 4.80 Å². The highest BCUT2D eigenvalue weighted by Crippen LogP contribution is 2.30. The van der Waals surface area contributed by atoms with E-state index in [9.17, 15) is 14.9 Å². The standard InChI is InChI=1S/C17H8Cl3N3O3S/c1-2-5-22-15-13(20)6-9(18)7-14(15)27-17(22)21-16(24)11-8-10(23(25)26)3-4-12(11)19/h1,3-4,6-8H,5H2. The maximum atomic E-state index is 12.6. The van der Waals surface area contributed by atoms with Crippen molar-refractivity contribution < 1.29 is 9.72 Å². The van der Waals surface area contributed by atoms with Crippen molar-refractivity contribution in [2.45, 2.75) is 6.54 Å². The lowest BCUT2D eigenvalue weighted by molar-refractivity contribution is -0.384. The largest absolute Gasteiger partial charge is 0.303 e. The van der Waals surface area contributed by atoms with Crippen molar-refractivity contribution in [3.05, 3.63) is 65.9 Å². The topological polar surface area (TPSA) is 77.5 Å². The van der Waals surface area contributed by atoms with Crippen LogP contribution in [0.3, 0.4) is 0 Å². The molecular weight excluding hydrogens is 433 g/mol. The van der Waals surface area contributed by atoms with Gasteiger partial charge in [0.25, 0.3) is 11.6 Å². The molecule has 0 N–H and O–H groups in total. The number of thiazole rings is 1. The van der Waals surface area contributed by atoms with E-state index in [1.807, 2.05) is 0 Å². The van der Waals surface area contributed by atoms with Gasteiger partial charge in [-0.15, -0.1) is 6.42 Å². The molecule has 6 nitrogen and oxygen atoms in total. The number of nitrogens with zero attached hydrogens (tertiary/aromatic N) is 3. The van der Waals surface area contributed by atoms with Crippen LogP contribution in [0.15, 0.2) is 35.3 Å². The zero-order valence-corrected chi connectivity index (χ0v) is 16.4. The smallest absolute Gasteiger partial charge is 0.281 e. The van der Waals surface area contributed by atoms with E-state index in [4.69, 9.17) is 41.2 Å². The number of terminal acetylenes is 1. The molecule has 0 saturated carbocycles. The summed E-state index contributed by atoms with van der Waals surface area (Å²) >= 11 is 19.5. The number of aromatic nitrogens is 1. The zero-order valence-electron chi connectivity index (χ0n) is 13.3. The Labute approximate surface area is 171 Å². The Hall–Kier alpha value is -2.37. The minimum absolute atomic E-state index is 0.0556. The highest BCUT2D eigenvalue weighted by molar-refractivity contribution is 7.16. The number of non-ortho nitro benzene ring substituents is 1. The summed E-state index contributed by atoms with van der Waals surface area (Å²) in [5, 5.41) is 11.8. The van der Waals surface area contributed by atoms with Crippen molar-refractivity contribution in [3.63, 3.8) is 0 Å². The van der Waals surface area contributed by atoms with E-state index < -0.39 is 10.8 Å². The van der Waals surface area contributed by atoms with Gasteiger partial charge in [0, 0.05) is 17.2 Å². The van der Waals surface area contributed by atoms with Gasteiger partial charge < -0.3 is 4.57 Å². The number of halogens is 3. The van der Waals surface area contributed by atoms with Crippen LogP contribution in [0.1, 0.15) is 10.4 Å². The first-order valence-corrected chi connectivity index (χ1v) is 9.21. The Bertz CT molecular complexity index is 1210. The second-order valence-corrected chi connectivity index (χ2v) is 7.51. The summed E-state index contributed by atoms with van der Waals surface area (Å²) in [5.74, 6) is 1.75. The molecule has 3 aromatic rings. The number of fused-ring (bicyclic) bond motifs is 1. The lowest BCUT2D eigenvalue weighted by atomic mass is 10.2. The van der Waals surface area contributed by atoms with Gasteiger partial charge in [-0.3, -0.25) is 14.9 Å². The highest BCUT2D eigenvalue weighted by atomic mass is 35.5. The Morgan fingerprint density at radius 2 is 2.00 bits per heavy atom. The fourth-order valence-corrected chi connectivity index (χ4v) is 4.40. The number of hydrogen-bond donors (Lipinski definition) is 0. The van der Waals surface area contributed by atoms with Gasteiger partial charge in [-0.25, -0.2) is 0 Å². The van der Waals surface area contributed by atoms with Crippen LogP contribution in [0, 0.1) is 22.5 Å². The number of rotatable bonds is 3. The van der Waals surface area contributed by atoms with Crippen LogP contribution in [0.25, 0.3) is 10.2 Å². The lowest BCUT2D eigenvalue weighted by Crippen LogP contribution is -2.16. The fourth-order valence-electron chi connectivity index (χ4n) is 2.39. The third-order valence-corrected chi connectivity index (χ3v) is 5.39. The summed E-state index contributed by atoms with van der Waals surface area (Å²) in [5.41, 5.74) is 0.251. The maximum absolute atomic E-state index is 12.6. The summed E-state index contributed by atoms with van der Waals surface area (Å²) in [6, 6.07) is 6.81. The minimum Gasteiger partial charge on any atom is -0.303 e. The molecule has 0 aliphatic rings. The molecule has 0 saturated heterocycles. The third kappa shape index (κ3) is 3.84. The molecule has 0 radical (unpaired) electrons. The molecule has 136 valence electrons. The Kier molecular flexibility index (Phi) is 5.53. The van der Waals surface area contributed by atoms with Crippen LogP contribution in [0.4, 0.5) is 5.69 Å². The molecule has 3 rings (SSSR count). The van der Waals surface area contributed by atoms with Crippen LogP contribution in [-0.2, 0) is 6.54 Å². The predicted molar refractivity (Wildman–Crippen MR) is 107 cm³/mol. The Balaban J connectivity index is 2.22. The average Bonchev–Trinajstić information content (AvgIpc) is 2.92. The van der Waals surface area contributed by atoms with E-state index in [1.165, 1.54) is 23.5 Å². The quantitative estimate of drug-likeness (QED) is 0.328. The molecule has 27 heavy (non-hydrogen) atoms. The van der Waals surface area contributed by atoms with E-state index in [0.29, 0.717) is 20.3 Å². The Morgan fingerprint density at radius 1 is 1.26 bits per heavy atom. The molecule has 1 heterocycles. The van der Waals surface area contributed by atoms with E-state index in [0.717, 1.165) is 6.07 Å². The summed E-state index contributed by atoms with van der Waals surface area (Å²) < 4.78 is 2.29. The van der Waals surface area contributed by atoms with Crippen molar-refractivity contribution in [1.82, 2.24) is 4.57 Å². The first kappa shape index (κ1) is 19.4. The van der Waals surface area contributed by atoms with Crippen molar-refractivity contribution in [2.24, 2.45) is 4.99 Å². The molecule has 0 spiro atoms. The number of carbonyl (C=O) groups is 1. The number of amides is 1. The van der Waals surface area contributed by atoms with Gasteiger partial charge in [0.05, 0.1) is 37.3 Å². The van der Waals surface area contributed by atoms with E-state index >= 15 is 0 Å².